The number of esters is 2. The van der Waals surface area contributed by atoms with Gasteiger partial charge in [0.2, 0.25) is 17.2 Å². The number of ether oxygens (including phenoxy) is 3. The van der Waals surface area contributed by atoms with Gasteiger partial charge in [-0.15, -0.1) is 23.1 Å². The van der Waals surface area contributed by atoms with Gasteiger partial charge in [-0.1, -0.05) is 127 Å². The van der Waals surface area contributed by atoms with E-state index in [4.69, 9.17) is 35.5 Å². The summed E-state index contributed by atoms with van der Waals surface area (Å²) in [5.74, 6) is -0.900. The molecule has 0 bridgehead atoms. The van der Waals surface area contributed by atoms with Gasteiger partial charge in [-0.2, -0.15) is 0 Å². The lowest BCUT2D eigenvalue weighted by molar-refractivity contribution is -0.723. The Balaban J connectivity index is 0.00000861. The number of thiazole rings is 1. The molecule has 2 aromatic heterocycles. The van der Waals surface area contributed by atoms with Crippen molar-refractivity contribution in [2.75, 3.05) is 35.4 Å². The SMILES string of the molecule is CCCC[n+]1c(N)cc(N)nc1SCC1=C(C(=O)OCc2ccc(OC)cc2)N2C(=O)C(NC(=O)/C(=N\OC(C)(C)C(=O)OC(C)(C)C)c3csc(NC(c4ccccc4)(c4ccccc4)c4ccccc4)n3)C2SC1.[Cl-]. The number of β-lactam (4-membered cyclic amide) rings is 1. The van der Waals surface area contributed by atoms with Crippen LogP contribution in [0.5, 0.6) is 5.75 Å². The summed E-state index contributed by atoms with van der Waals surface area (Å²) in [6, 6.07) is 37.5. The van der Waals surface area contributed by atoms with Gasteiger partial charge in [0.25, 0.3) is 11.8 Å². The number of thioether (sulfide) groups is 2. The summed E-state index contributed by atoms with van der Waals surface area (Å²) in [5.41, 5.74) is 13.1. The molecule has 0 saturated carbocycles. The van der Waals surface area contributed by atoms with E-state index in [-0.39, 0.29) is 47.7 Å². The van der Waals surface area contributed by atoms with E-state index in [9.17, 15) is 19.2 Å². The number of benzene rings is 4. The highest BCUT2D eigenvalue weighted by Gasteiger charge is 2.55. The van der Waals surface area contributed by atoms with Crippen molar-refractivity contribution in [3.05, 3.63) is 166 Å². The van der Waals surface area contributed by atoms with Gasteiger partial charge in [-0.3, -0.25) is 14.5 Å². The molecule has 1 fully saturated rings. The number of nitrogens with one attached hydrogen (secondary N) is 2. The summed E-state index contributed by atoms with van der Waals surface area (Å²) in [4.78, 5) is 74.0. The minimum Gasteiger partial charge on any atom is -1.00 e. The molecule has 2 unspecified atom stereocenters. The number of methoxy groups -OCH3 is 1. The number of hydrogen-bond donors (Lipinski definition) is 4. The number of halogens is 1. The Bertz CT molecular complexity index is 3020. The second-order valence-corrected chi connectivity index (χ2v) is 22.4. The lowest BCUT2D eigenvalue weighted by Crippen LogP contribution is -3.00. The molecular weight excluding hydrogens is 1060 g/mol. The van der Waals surface area contributed by atoms with Crippen molar-refractivity contribution in [1.29, 1.82) is 0 Å². The highest BCUT2D eigenvalue weighted by atomic mass is 35.5. The summed E-state index contributed by atoms with van der Waals surface area (Å²) >= 11 is 3.96. The predicted molar refractivity (Wildman–Crippen MR) is 296 cm³/mol. The molecule has 0 radical (unpaired) electrons. The van der Waals surface area contributed by atoms with E-state index in [0.29, 0.717) is 45.3 Å². The number of hydrogen-bond acceptors (Lipinski definition) is 17. The standard InChI is InChI=1S/C56H61N9O8S3.ClH/c1-8-9-29-64-43(58)30-42(57)60-53(64)76-33-36-32-74-49-45(48(67)65(49)46(36)50(68)71-31-35-25-27-40(70-7)28-26-35)61-47(66)44(63-73-55(5,6)51(69)72-54(2,3)4)41-34-75-52(59-41)62-56(37-19-13-10-14-20-37,38-21-15-11-16-22-38)39-23-17-12-18-24-39;/h10-28,30,34,45,49H,8-9,29,31-33H2,1-7H3,(H5,57,58,59,61,62,66);1H/b63-44-;. The van der Waals surface area contributed by atoms with E-state index >= 15 is 0 Å². The summed E-state index contributed by atoms with van der Waals surface area (Å²) in [5, 5.41) is 12.8. The summed E-state index contributed by atoms with van der Waals surface area (Å²) in [6.07, 6.45) is 1.78. The number of fused-ring (bicyclic) bond motifs is 1. The van der Waals surface area contributed by atoms with Crippen molar-refractivity contribution in [1.82, 2.24) is 20.2 Å². The first-order valence-corrected chi connectivity index (χ1v) is 27.6. The Hall–Kier alpha value is -7.13. The van der Waals surface area contributed by atoms with Gasteiger partial charge in [0.1, 0.15) is 46.3 Å². The average molecular weight is 1120 g/mol. The van der Waals surface area contributed by atoms with Gasteiger partial charge in [0.15, 0.2) is 10.8 Å². The Labute approximate surface area is 467 Å². The van der Waals surface area contributed by atoms with Crippen molar-refractivity contribution in [2.45, 2.75) is 101 Å². The van der Waals surface area contributed by atoms with E-state index in [0.717, 1.165) is 29.5 Å². The maximum atomic E-state index is 14.8. The van der Waals surface area contributed by atoms with E-state index in [1.807, 2.05) is 95.6 Å². The maximum Gasteiger partial charge on any atom is 0.355 e. The van der Waals surface area contributed by atoms with E-state index in [2.05, 4.69) is 27.7 Å². The number of nitrogen functional groups attached to an aromatic ring is 2. The van der Waals surface area contributed by atoms with E-state index in [1.54, 1.807) is 63.6 Å². The van der Waals surface area contributed by atoms with Crippen molar-refractivity contribution in [3.63, 3.8) is 0 Å². The molecule has 0 aliphatic carbocycles. The number of rotatable bonds is 21. The van der Waals surface area contributed by atoms with Crippen molar-refractivity contribution in [3.8, 4) is 5.75 Å². The van der Waals surface area contributed by atoms with Crippen LogP contribution in [0.25, 0.3) is 0 Å². The third kappa shape index (κ3) is 13.2. The van der Waals surface area contributed by atoms with Crippen LogP contribution >= 0.6 is 34.9 Å². The number of unbranched alkanes of at least 4 members (excludes halogenated alkanes) is 1. The molecule has 77 heavy (non-hydrogen) atoms. The molecule has 8 rings (SSSR count). The fourth-order valence-corrected chi connectivity index (χ4v) is 11.8. The smallest absolute Gasteiger partial charge is 0.355 e. The third-order valence-corrected chi connectivity index (χ3v) is 15.5. The number of aromatic nitrogens is 3. The van der Waals surface area contributed by atoms with Crippen molar-refractivity contribution < 1.29 is 55.2 Å². The van der Waals surface area contributed by atoms with E-state index < -0.39 is 51.9 Å². The average Bonchev–Trinajstić information content (AvgIpc) is 3.91. The minimum atomic E-state index is -1.66. The van der Waals surface area contributed by atoms with Crippen molar-refractivity contribution in [2.24, 2.45) is 5.16 Å². The van der Waals surface area contributed by atoms with Crippen LogP contribution in [0.1, 0.15) is 82.3 Å². The molecular formula is C56H62ClN9O8S3. The number of anilines is 3. The topological polar surface area (TPSA) is 227 Å². The molecule has 6 N–H and O–H groups in total. The van der Waals surface area contributed by atoms with Gasteiger partial charge >= 0.3 is 17.1 Å². The largest absolute Gasteiger partial charge is 1.00 e. The van der Waals surface area contributed by atoms with Crippen LogP contribution in [0.2, 0.25) is 0 Å². The molecule has 2 atom stereocenters. The molecule has 2 aliphatic rings. The number of oxime groups is 1. The normalized spacial score (nSPS) is 15.6. The molecule has 0 spiro atoms. The molecule has 1 saturated heterocycles. The Morgan fingerprint density at radius 3 is 2.06 bits per heavy atom. The zero-order valence-corrected chi connectivity index (χ0v) is 47.0. The van der Waals surface area contributed by atoms with Crippen LogP contribution in [0.3, 0.4) is 0 Å². The zero-order valence-electron chi connectivity index (χ0n) is 43.8. The van der Waals surface area contributed by atoms with Gasteiger partial charge in [0.05, 0.1) is 19.7 Å². The second-order valence-electron chi connectivity index (χ2n) is 19.5. The lowest BCUT2D eigenvalue weighted by Gasteiger charge is -2.49. The predicted octanol–water partition coefficient (Wildman–Crippen LogP) is 5.24. The lowest BCUT2D eigenvalue weighted by atomic mass is 9.77. The Kier molecular flexibility index (Phi) is 18.6. The van der Waals surface area contributed by atoms with Crippen molar-refractivity contribution >= 4 is 81.1 Å². The monoisotopic (exact) mass is 1120 g/mol. The molecule has 404 valence electrons. The van der Waals surface area contributed by atoms with Crippen LogP contribution in [0.15, 0.2) is 148 Å². The quantitative estimate of drug-likeness (QED) is 0.0106. The highest BCUT2D eigenvalue weighted by Crippen LogP contribution is 2.43. The van der Waals surface area contributed by atoms with Gasteiger partial charge in [-0.05, 0) is 92.8 Å². The third-order valence-electron chi connectivity index (χ3n) is 12.4. The first-order chi connectivity index (χ1) is 36.4. The van der Waals surface area contributed by atoms with Crippen LogP contribution in [0.4, 0.5) is 16.8 Å². The van der Waals surface area contributed by atoms with Gasteiger partial charge in [-0.25, -0.2) is 19.1 Å². The maximum absolute atomic E-state index is 14.8. The zero-order chi connectivity index (χ0) is 54.2. The Morgan fingerprint density at radius 2 is 1.49 bits per heavy atom. The van der Waals surface area contributed by atoms with Crippen LogP contribution in [-0.4, -0.2) is 85.6 Å². The first kappa shape index (κ1) is 57.6. The van der Waals surface area contributed by atoms with Gasteiger partial charge < -0.3 is 53.6 Å². The van der Waals surface area contributed by atoms with Crippen LogP contribution < -0.4 is 43.8 Å². The summed E-state index contributed by atoms with van der Waals surface area (Å²) < 4.78 is 18.7. The molecule has 4 heterocycles. The minimum absolute atomic E-state index is 0. The number of amides is 2. The van der Waals surface area contributed by atoms with Gasteiger partial charge in [0, 0.05) is 16.9 Å². The number of carbonyl (C=O) groups excluding carboxylic acids is 4. The van der Waals surface area contributed by atoms with Crippen LogP contribution in [0, 0.1) is 0 Å². The highest BCUT2D eigenvalue weighted by molar-refractivity contribution is 8.01. The number of nitrogens with two attached hydrogens (primary N) is 2. The molecule has 2 aliphatic heterocycles. The molecule has 17 nitrogen and oxygen atoms in total. The summed E-state index contributed by atoms with van der Waals surface area (Å²) in [7, 11) is 1.56. The fourth-order valence-electron chi connectivity index (χ4n) is 8.46. The van der Waals surface area contributed by atoms with E-state index in [1.165, 1.54) is 53.6 Å². The molecule has 21 heteroatoms. The number of carbonyl (C=O) groups is 4. The number of nitrogens with zero attached hydrogens (tertiary/aromatic N) is 5. The first-order valence-electron chi connectivity index (χ1n) is 24.7. The van der Waals surface area contributed by atoms with Crippen LogP contribution in [-0.2, 0) is 52.2 Å². The molecule has 6 aromatic rings. The molecule has 4 aromatic carbocycles. The Morgan fingerprint density at radius 1 is 0.883 bits per heavy atom. The molecule has 2 amide bonds. The summed E-state index contributed by atoms with van der Waals surface area (Å²) in [6.45, 7) is 10.8. The second kappa shape index (κ2) is 24.9. The fraction of sp³-hybridized carbons (Fsp3) is 0.321.